The van der Waals surface area contributed by atoms with E-state index >= 15 is 0 Å². The van der Waals surface area contributed by atoms with Crippen LogP contribution in [-0.2, 0) is 0 Å². The Kier molecular flexibility index (Phi) is 4.14. The lowest BCUT2D eigenvalue weighted by Crippen LogP contribution is -2.26. The maximum atomic E-state index is 6.08. The zero-order valence-electron chi connectivity index (χ0n) is 8.54. The van der Waals surface area contributed by atoms with Crippen LogP contribution < -0.4 is 17.2 Å². The van der Waals surface area contributed by atoms with Gasteiger partial charge in [0.2, 0.25) is 5.96 Å². The van der Waals surface area contributed by atoms with E-state index < -0.39 is 0 Å². The number of hydrogen-bond acceptors (Lipinski definition) is 1. The average Bonchev–Trinajstić information content (AvgIpc) is 2.18. The van der Waals surface area contributed by atoms with Crippen molar-refractivity contribution in [2.45, 2.75) is 6.92 Å². The van der Waals surface area contributed by atoms with Crippen molar-refractivity contribution in [1.29, 1.82) is 0 Å². The van der Waals surface area contributed by atoms with Gasteiger partial charge in [0.1, 0.15) is 0 Å². The van der Waals surface area contributed by atoms with E-state index in [-0.39, 0.29) is 11.9 Å². The van der Waals surface area contributed by atoms with E-state index in [2.05, 4.69) is 25.9 Å². The summed E-state index contributed by atoms with van der Waals surface area (Å²) in [6, 6.07) is 3.54. The van der Waals surface area contributed by atoms with E-state index in [1.54, 1.807) is 6.07 Å². The number of nitrogens with two attached hydrogens (primary N) is 3. The van der Waals surface area contributed by atoms with Crippen molar-refractivity contribution in [1.82, 2.24) is 0 Å². The number of guanidine groups is 2. The molecule has 0 fully saturated rings. The van der Waals surface area contributed by atoms with Crippen molar-refractivity contribution in [3.05, 3.63) is 27.2 Å². The summed E-state index contributed by atoms with van der Waals surface area (Å²) in [6.07, 6.45) is 0. The molecule has 0 amide bonds. The summed E-state index contributed by atoms with van der Waals surface area (Å²) in [6.45, 7) is 1.86. The Balaban J connectivity index is 3.17. The molecule has 0 atom stereocenters. The Morgan fingerprint density at radius 2 is 1.94 bits per heavy atom. The maximum absolute atomic E-state index is 6.08. The largest absolute Gasteiger partial charge is 0.370 e. The minimum absolute atomic E-state index is 0.0383. The van der Waals surface area contributed by atoms with Gasteiger partial charge in [-0.2, -0.15) is 4.99 Å². The first-order valence-electron chi connectivity index (χ1n) is 4.30. The van der Waals surface area contributed by atoms with Gasteiger partial charge >= 0.3 is 0 Å². The van der Waals surface area contributed by atoms with Gasteiger partial charge in [-0.3, -0.25) is 0 Å². The van der Waals surface area contributed by atoms with Crippen LogP contribution in [0.3, 0.4) is 0 Å². The number of nitrogens with zero attached hydrogens (tertiary/aromatic N) is 2. The molecule has 0 aliphatic carbocycles. The predicted molar refractivity (Wildman–Crippen MR) is 71.0 cm³/mol. The van der Waals surface area contributed by atoms with E-state index in [1.165, 1.54) is 0 Å². The molecule has 86 valence electrons. The Morgan fingerprint density at radius 3 is 2.50 bits per heavy atom. The molecule has 16 heavy (non-hydrogen) atoms. The molecular formula is C9H11BrClN5. The average molecular weight is 305 g/mol. The third kappa shape index (κ3) is 3.11. The lowest BCUT2D eigenvalue weighted by molar-refractivity contribution is 1.35. The predicted octanol–water partition coefficient (Wildman–Crippen LogP) is 1.63. The molecule has 7 heteroatoms. The molecule has 0 saturated heterocycles. The molecule has 5 nitrogen and oxygen atoms in total. The standard InChI is InChI=1S/C9H11BrClN5/c1-4-5(10)2-3-6(7(4)11)15-9(14)16-8(12)13/h2-3H,1H3,(H6,12,13,14,15,16). The van der Waals surface area contributed by atoms with Crippen molar-refractivity contribution < 1.29 is 0 Å². The molecule has 0 heterocycles. The number of rotatable bonds is 1. The lowest BCUT2D eigenvalue weighted by atomic mass is 10.2. The molecule has 0 saturated carbocycles. The molecule has 0 aliphatic rings. The van der Waals surface area contributed by atoms with Crippen LogP contribution in [0.15, 0.2) is 26.6 Å². The van der Waals surface area contributed by atoms with Gasteiger partial charge in [-0.25, -0.2) is 4.99 Å². The van der Waals surface area contributed by atoms with E-state index in [9.17, 15) is 0 Å². The molecule has 1 aromatic carbocycles. The summed E-state index contributed by atoms with van der Waals surface area (Å²) in [7, 11) is 0. The SMILES string of the molecule is Cc1c(Br)ccc(N=C(N)N=C(N)N)c1Cl. The zero-order chi connectivity index (χ0) is 12.3. The smallest absolute Gasteiger partial charge is 0.223 e. The van der Waals surface area contributed by atoms with Crippen molar-refractivity contribution in [2.75, 3.05) is 0 Å². The molecule has 0 aliphatic heterocycles. The lowest BCUT2D eigenvalue weighted by Gasteiger charge is -2.04. The number of halogens is 2. The van der Waals surface area contributed by atoms with E-state index in [0.717, 1.165) is 10.0 Å². The van der Waals surface area contributed by atoms with Gasteiger partial charge < -0.3 is 17.2 Å². The summed E-state index contributed by atoms with van der Waals surface area (Å²) >= 11 is 9.43. The highest BCUT2D eigenvalue weighted by Crippen LogP contribution is 2.32. The molecule has 0 aromatic heterocycles. The van der Waals surface area contributed by atoms with Crippen molar-refractivity contribution in [3.63, 3.8) is 0 Å². The van der Waals surface area contributed by atoms with Crippen molar-refractivity contribution in [2.24, 2.45) is 27.2 Å². The van der Waals surface area contributed by atoms with E-state index in [1.807, 2.05) is 13.0 Å². The summed E-state index contributed by atoms with van der Waals surface area (Å²) in [5.74, 6) is -0.185. The first-order valence-corrected chi connectivity index (χ1v) is 5.47. The molecule has 1 aromatic rings. The normalized spacial score (nSPS) is 11.3. The van der Waals surface area contributed by atoms with Crippen LogP contribution >= 0.6 is 27.5 Å². The molecule has 0 radical (unpaired) electrons. The fourth-order valence-electron chi connectivity index (χ4n) is 1.01. The summed E-state index contributed by atoms with van der Waals surface area (Å²) in [5, 5.41) is 0.503. The van der Waals surface area contributed by atoms with Gasteiger partial charge in [-0.05, 0) is 24.6 Å². The molecule has 0 spiro atoms. The highest BCUT2D eigenvalue weighted by Gasteiger charge is 2.06. The second kappa shape index (κ2) is 5.18. The molecular weight excluding hydrogens is 293 g/mol. The maximum Gasteiger partial charge on any atom is 0.223 e. The molecule has 0 unspecified atom stereocenters. The van der Waals surface area contributed by atoms with Crippen LogP contribution in [0, 0.1) is 6.92 Å². The Morgan fingerprint density at radius 1 is 1.31 bits per heavy atom. The minimum Gasteiger partial charge on any atom is -0.370 e. The summed E-state index contributed by atoms with van der Waals surface area (Å²) in [4.78, 5) is 7.59. The van der Waals surface area contributed by atoms with Crippen LogP contribution in [0.4, 0.5) is 5.69 Å². The third-order valence-corrected chi connectivity index (χ3v) is 3.11. The number of benzene rings is 1. The van der Waals surface area contributed by atoms with Gasteiger partial charge in [0.15, 0.2) is 5.96 Å². The highest BCUT2D eigenvalue weighted by molar-refractivity contribution is 9.10. The van der Waals surface area contributed by atoms with Gasteiger partial charge in [-0.15, -0.1) is 0 Å². The summed E-state index contributed by atoms with van der Waals surface area (Å²) < 4.78 is 0.900. The molecule has 6 N–H and O–H groups in total. The van der Waals surface area contributed by atoms with E-state index in [0.29, 0.717) is 10.7 Å². The third-order valence-electron chi connectivity index (χ3n) is 1.78. The minimum atomic E-state index is -0.147. The van der Waals surface area contributed by atoms with E-state index in [4.69, 9.17) is 28.8 Å². The van der Waals surface area contributed by atoms with Crippen LogP contribution in [0.1, 0.15) is 5.56 Å². The second-order valence-electron chi connectivity index (χ2n) is 3.01. The monoisotopic (exact) mass is 303 g/mol. The number of hydrogen-bond donors (Lipinski definition) is 3. The van der Waals surface area contributed by atoms with Gasteiger partial charge in [0, 0.05) is 4.47 Å². The zero-order valence-corrected chi connectivity index (χ0v) is 10.9. The van der Waals surface area contributed by atoms with Crippen LogP contribution in [0.2, 0.25) is 5.02 Å². The van der Waals surface area contributed by atoms with Gasteiger partial charge in [0.05, 0.1) is 10.7 Å². The Labute approximate surface area is 107 Å². The highest BCUT2D eigenvalue weighted by atomic mass is 79.9. The quantitative estimate of drug-likeness (QED) is 0.542. The van der Waals surface area contributed by atoms with Crippen molar-refractivity contribution in [3.8, 4) is 0 Å². The van der Waals surface area contributed by atoms with Crippen LogP contribution in [0.25, 0.3) is 0 Å². The Bertz CT molecular complexity index is 465. The fourth-order valence-corrected chi connectivity index (χ4v) is 1.67. The van der Waals surface area contributed by atoms with Gasteiger partial charge in [-0.1, -0.05) is 27.5 Å². The Hall–Kier alpha value is -1.27. The molecule has 0 bridgehead atoms. The van der Waals surface area contributed by atoms with Crippen LogP contribution in [-0.4, -0.2) is 11.9 Å². The second-order valence-corrected chi connectivity index (χ2v) is 4.24. The summed E-state index contributed by atoms with van der Waals surface area (Å²) in [5.41, 5.74) is 17.2. The van der Waals surface area contributed by atoms with Gasteiger partial charge in [0.25, 0.3) is 0 Å². The first-order chi connectivity index (χ1) is 7.41. The number of aliphatic imine (C=N–C) groups is 2. The van der Waals surface area contributed by atoms with Crippen LogP contribution in [0.5, 0.6) is 0 Å². The first kappa shape index (κ1) is 12.8. The topological polar surface area (TPSA) is 103 Å². The van der Waals surface area contributed by atoms with Crippen molar-refractivity contribution >= 4 is 45.1 Å². The fraction of sp³-hybridized carbons (Fsp3) is 0.111. The molecule has 1 rings (SSSR count).